The Bertz CT molecular complexity index is 800. The molecule has 0 bridgehead atoms. The van der Waals surface area contributed by atoms with Crippen LogP contribution >= 0.6 is 0 Å². The van der Waals surface area contributed by atoms with Crippen LogP contribution in [0, 0.1) is 5.92 Å². The minimum absolute atomic E-state index is 0.0582. The summed E-state index contributed by atoms with van der Waals surface area (Å²) in [4.78, 5) is 38.7. The number of allylic oxidation sites excluding steroid dienone is 2. The van der Waals surface area contributed by atoms with E-state index < -0.39 is 30.1 Å². The molecular formula is C21H23NO6. The number of aliphatic hydroxyl groups is 1. The fourth-order valence-electron chi connectivity index (χ4n) is 3.24. The molecular weight excluding hydrogens is 362 g/mol. The van der Waals surface area contributed by atoms with Gasteiger partial charge in [-0.1, -0.05) is 30.3 Å². The van der Waals surface area contributed by atoms with E-state index in [-0.39, 0.29) is 19.0 Å². The minimum Gasteiger partial charge on any atom is -0.482 e. The van der Waals surface area contributed by atoms with Crippen LogP contribution in [-0.4, -0.2) is 47.1 Å². The summed E-state index contributed by atoms with van der Waals surface area (Å²) in [5, 5.41) is 8.88. The van der Waals surface area contributed by atoms with Crippen LogP contribution in [0.15, 0.2) is 54.3 Å². The Morgan fingerprint density at radius 2 is 2.04 bits per heavy atom. The van der Waals surface area contributed by atoms with Gasteiger partial charge in [0.1, 0.15) is 18.4 Å². The number of imide groups is 1. The number of unbranched alkanes of at least 4 members (excludes halogenated alkanes) is 1. The van der Waals surface area contributed by atoms with Crippen molar-refractivity contribution >= 4 is 17.8 Å². The average Bonchev–Trinajstić information content (AvgIpc) is 3.10. The van der Waals surface area contributed by atoms with Gasteiger partial charge < -0.3 is 14.6 Å². The molecule has 2 aliphatic rings. The summed E-state index contributed by atoms with van der Waals surface area (Å²) < 4.78 is 10.8. The molecule has 0 unspecified atom stereocenters. The summed E-state index contributed by atoms with van der Waals surface area (Å²) in [6.07, 6.45) is 4.12. The maximum Gasteiger partial charge on any atom is 0.417 e. The Morgan fingerprint density at radius 1 is 1.29 bits per heavy atom. The van der Waals surface area contributed by atoms with Crippen molar-refractivity contribution in [1.29, 1.82) is 0 Å². The maximum atomic E-state index is 13.1. The molecule has 0 aromatic heterocycles. The number of cyclic esters (lactones) is 1. The summed E-state index contributed by atoms with van der Waals surface area (Å²) in [6, 6.07) is 8.62. The van der Waals surface area contributed by atoms with Gasteiger partial charge in [0.15, 0.2) is 11.9 Å². The van der Waals surface area contributed by atoms with E-state index in [9.17, 15) is 14.4 Å². The van der Waals surface area contributed by atoms with Crippen LogP contribution in [0.5, 0.6) is 0 Å². The molecule has 3 rings (SSSR count). The van der Waals surface area contributed by atoms with Gasteiger partial charge in [-0.15, -0.1) is 0 Å². The van der Waals surface area contributed by atoms with Crippen LogP contribution < -0.4 is 0 Å². The highest BCUT2D eigenvalue weighted by atomic mass is 16.6. The molecule has 1 saturated heterocycles. The normalized spacial score (nSPS) is 24.2. The fraction of sp³-hybridized carbons (Fsp3) is 0.381. The zero-order valence-corrected chi connectivity index (χ0v) is 15.6. The first kappa shape index (κ1) is 19.8. The second kappa shape index (κ2) is 8.84. The minimum atomic E-state index is -1.01. The Labute approximate surface area is 163 Å². The van der Waals surface area contributed by atoms with Crippen molar-refractivity contribution in [3.05, 3.63) is 59.9 Å². The average molecular weight is 385 g/mol. The molecule has 2 heterocycles. The van der Waals surface area contributed by atoms with E-state index in [0.717, 1.165) is 10.5 Å². The Balaban J connectivity index is 1.77. The number of nitrogens with zero attached hydrogens (tertiary/aromatic N) is 1. The lowest BCUT2D eigenvalue weighted by Crippen LogP contribution is -2.45. The summed E-state index contributed by atoms with van der Waals surface area (Å²) in [5.74, 6) is -1.24. The molecule has 7 nitrogen and oxygen atoms in total. The molecule has 148 valence electrons. The standard InChI is InChI=1S/C21H23NO6/c1-14(19-18(24)11-10-16(28-19)9-5-6-12-23)20(25)22-17(13-27-21(22)26)15-7-3-2-4-8-15/h2-4,7-11,14,17,19,23H,5-6,12-13H2,1H3/t14-,17+,19-/m1/s1. The van der Waals surface area contributed by atoms with E-state index in [1.165, 1.54) is 6.08 Å². The van der Waals surface area contributed by atoms with Crippen LogP contribution in [0.1, 0.15) is 31.4 Å². The van der Waals surface area contributed by atoms with Crippen LogP contribution in [0.4, 0.5) is 4.79 Å². The third-order valence-electron chi connectivity index (χ3n) is 4.80. The largest absolute Gasteiger partial charge is 0.482 e. The number of carbonyl (C=O) groups is 3. The third kappa shape index (κ3) is 4.14. The number of hydrogen-bond acceptors (Lipinski definition) is 6. The molecule has 0 aliphatic carbocycles. The molecule has 2 aliphatic heterocycles. The molecule has 1 N–H and O–H groups in total. The Hall–Kier alpha value is -2.93. The monoisotopic (exact) mass is 385 g/mol. The zero-order valence-electron chi connectivity index (χ0n) is 15.6. The van der Waals surface area contributed by atoms with Gasteiger partial charge in [-0.05, 0) is 43.6 Å². The van der Waals surface area contributed by atoms with Crippen molar-refractivity contribution in [1.82, 2.24) is 4.90 Å². The summed E-state index contributed by atoms with van der Waals surface area (Å²) in [7, 11) is 0. The highest BCUT2D eigenvalue weighted by Gasteiger charge is 2.44. The predicted octanol–water partition coefficient (Wildman–Crippen LogP) is 2.52. The Kier molecular flexibility index (Phi) is 6.26. The van der Waals surface area contributed by atoms with Crippen LogP contribution in [0.25, 0.3) is 0 Å². The number of hydrogen-bond donors (Lipinski definition) is 1. The molecule has 1 fully saturated rings. The number of carbonyl (C=O) groups excluding carboxylic acids is 3. The highest BCUT2D eigenvalue weighted by Crippen LogP contribution is 2.31. The summed E-state index contributed by atoms with van der Waals surface area (Å²) in [6.45, 7) is 1.71. The molecule has 1 aromatic carbocycles. The second-order valence-corrected chi connectivity index (χ2v) is 6.75. The fourth-order valence-corrected chi connectivity index (χ4v) is 3.24. The molecule has 0 radical (unpaired) electrons. The van der Waals surface area contributed by atoms with E-state index in [2.05, 4.69) is 0 Å². The summed E-state index contributed by atoms with van der Waals surface area (Å²) in [5.41, 5.74) is 0.786. The van der Waals surface area contributed by atoms with Gasteiger partial charge in [0, 0.05) is 6.61 Å². The van der Waals surface area contributed by atoms with Crippen LogP contribution in [0.2, 0.25) is 0 Å². The van der Waals surface area contributed by atoms with Gasteiger partial charge in [0.05, 0.1) is 5.92 Å². The number of rotatable bonds is 6. The van der Waals surface area contributed by atoms with E-state index >= 15 is 0 Å². The first-order valence-electron chi connectivity index (χ1n) is 9.27. The van der Waals surface area contributed by atoms with Crippen LogP contribution in [0.3, 0.4) is 0 Å². The van der Waals surface area contributed by atoms with E-state index in [1.54, 1.807) is 19.1 Å². The molecule has 7 heteroatoms. The SMILES string of the molecule is C[C@@H](C(=O)N1C(=O)OC[C@H]1c1ccccc1)[C@H]1OC(=CCCCO)C=CC1=O. The molecule has 2 amide bonds. The number of ketones is 1. The predicted molar refractivity (Wildman–Crippen MR) is 100.0 cm³/mol. The van der Waals surface area contributed by atoms with Crippen molar-refractivity contribution < 1.29 is 29.0 Å². The highest BCUT2D eigenvalue weighted by molar-refractivity contribution is 6.01. The maximum absolute atomic E-state index is 13.1. The third-order valence-corrected chi connectivity index (χ3v) is 4.80. The number of ether oxygens (including phenoxy) is 2. The summed E-state index contributed by atoms with van der Waals surface area (Å²) >= 11 is 0. The lowest BCUT2D eigenvalue weighted by Gasteiger charge is -2.29. The second-order valence-electron chi connectivity index (χ2n) is 6.75. The smallest absolute Gasteiger partial charge is 0.417 e. The molecule has 0 spiro atoms. The van der Waals surface area contributed by atoms with Crippen molar-refractivity contribution in [2.75, 3.05) is 13.2 Å². The van der Waals surface area contributed by atoms with Gasteiger partial charge in [-0.3, -0.25) is 9.59 Å². The molecule has 28 heavy (non-hydrogen) atoms. The zero-order chi connectivity index (χ0) is 20.1. The van der Waals surface area contributed by atoms with Gasteiger partial charge >= 0.3 is 6.09 Å². The van der Waals surface area contributed by atoms with Gasteiger partial charge in [-0.2, -0.15) is 0 Å². The molecule has 1 aromatic rings. The van der Waals surface area contributed by atoms with E-state index in [4.69, 9.17) is 14.6 Å². The van der Waals surface area contributed by atoms with Crippen molar-refractivity contribution in [3.63, 3.8) is 0 Å². The number of benzene rings is 1. The lowest BCUT2D eigenvalue weighted by atomic mass is 9.96. The van der Waals surface area contributed by atoms with Crippen molar-refractivity contribution in [2.45, 2.75) is 31.9 Å². The Morgan fingerprint density at radius 3 is 2.75 bits per heavy atom. The van der Waals surface area contributed by atoms with Gasteiger partial charge in [-0.25, -0.2) is 9.69 Å². The number of aliphatic hydroxyl groups excluding tert-OH is 1. The molecule has 0 saturated carbocycles. The lowest BCUT2D eigenvalue weighted by molar-refractivity contribution is -0.142. The topological polar surface area (TPSA) is 93.1 Å². The van der Waals surface area contributed by atoms with Gasteiger partial charge in [0.2, 0.25) is 5.91 Å². The van der Waals surface area contributed by atoms with E-state index in [0.29, 0.717) is 18.6 Å². The van der Waals surface area contributed by atoms with Crippen molar-refractivity contribution in [3.8, 4) is 0 Å². The first-order valence-corrected chi connectivity index (χ1v) is 9.27. The number of amides is 2. The van der Waals surface area contributed by atoms with E-state index in [1.807, 2.05) is 30.3 Å². The van der Waals surface area contributed by atoms with Crippen molar-refractivity contribution in [2.24, 2.45) is 5.92 Å². The first-order chi connectivity index (χ1) is 13.5. The quantitative estimate of drug-likeness (QED) is 0.757. The van der Waals surface area contributed by atoms with Gasteiger partial charge in [0.25, 0.3) is 0 Å². The molecule has 3 atom stereocenters. The van der Waals surface area contributed by atoms with Crippen LogP contribution in [-0.2, 0) is 19.1 Å².